The second kappa shape index (κ2) is 13.0. The van der Waals surface area contributed by atoms with E-state index in [2.05, 4.69) is 40.7 Å². The molecule has 0 aromatic heterocycles. The summed E-state index contributed by atoms with van der Waals surface area (Å²) in [6.45, 7) is 12.1. The van der Waals surface area contributed by atoms with Gasteiger partial charge in [-0.25, -0.2) is 0 Å². The normalized spacial score (nSPS) is 15.2. The lowest BCUT2D eigenvalue weighted by Crippen LogP contribution is -2.39. The standard InChI is InChI=1S/C29H42N2O6/c1-18(2)22(16-24(30)26(32)13-19(3)28(33)34)14-20-11-12-23(29(4,5)6)27(15-20)37-17-21-9-7-8-10-25(21)31(35)36/h7-12,15,18-19,22,24,26,32H,13-14,16-17,30H2,1-6H3,(H,33,34)/t19-,22+,24+,26-/m1/s1. The first-order chi connectivity index (χ1) is 17.2. The minimum atomic E-state index is -0.945. The molecule has 2 rings (SSSR count). The Morgan fingerprint density at radius 2 is 1.76 bits per heavy atom. The number of aliphatic hydroxyl groups is 1. The molecule has 8 nitrogen and oxygen atoms in total. The summed E-state index contributed by atoms with van der Waals surface area (Å²) in [7, 11) is 0. The van der Waals surface area contributed by atoms with Gasteiger partial charge in [0.1, 0.15) is 12.4 Å². The van der Waals surface area contributed by atoms with E-state index in [1.165, 1.54) is 6.07 Å². The number of carboxylic acids is 1. The maximum atomic E-state index is 11.4. The van der Waals surface area contributed by atoms with E-state index in [-0.39, 0.29) is 36.0 Å². The fourth-order valence-electron chi connectivity index (χ4n) is 4.44. The van der Waals surface area contributed by atoms with E-state index in [9.17, 15) is 20.0 Å². The summed E-state index contributed by atoms with van der Waals surface area (Å²) in [5.74, 6) is -0.477. The van der Waals surface area contributed by atoms with Crippen molar-refractivity contribution in [1.82, 2.24) is 0 Å². The number of benzene rings is 2. The number of hydrogen-bond donors (Lipinski definition) is 3. The van der Waals surface area contributed by atoms with Crippen LogP contribution < -0.4 is 10.5 Å². The Kier molecular flexibility index (Phi) is 10.6. The fourth-order valence-corrected chi connectivity index (χ4v) is 4.44. The van der Waals surface area contributed by atoms with Crippen molar-refractivity contribution in [1.29, 1.82) is 0 Å². The van der Waals surface area contributed by atoms with E-state index in [1.54, 1.807) is 25.1 Å². The average molecular weight is 515 g/mol. The number of carboxylic acid groups (broad SMARTS) is 1. The summed E-state index contributed by atoms with van der Waals surface area (Å²) < 4.78 is 6.18. The molecule has 0 aliphatic heterocycles. The van der Waals surface area contributed by atoms with Gasteiger partial charge < -0.3 is 20.7 Å². The molecule has 8 heteroatoms. The van der Waals surface area contributed by atoms with Crippen molar-refractivity contribution in [3.8, 4) is 5.75 Å². The number of nitro groups is 1. The van der Waals surface area contributed by atoms with E-state index in [4.69, 9.17) is 15.6 Å². The van der Waals surface area contributed by atoms with Gasteiger partial charge in [0, 0.05) is 12.1 Å². The second-order valence-electron chi connectivity index (χ2n) is 11.4. The molecule has 4 atom stereocenters. The first-order valence-electron chi connectivity index (χ1n) is 12.9. The highest BCUT2D eigenvalue weighted by Crippen LogP contribution is 2.35. The van der Waals surface area contributed by atoms with Crippen LogP contribution in [0.2, 0.25) is 0 Å². The molecule has 0 saturated heterocycles. The van der Waals surface area contributed by atoms with Crippen LogP contribution in [0, 0.1) is 27.9 Å². The SMILES string of the molecule is CC(C)[C@@H](Cc1ccc(C(C)(C)C)c(OCc2ccccc2[N+](=O)[O-])c1)C[C@H](N)[C@H](O)C[C@@H](C)C(=O)O. The maximum Gasteiger partial charge on any atom is 0.306 e. The lowest BCUT2D eigenvalue weighted by atomic mass is 9.81. The molecule has 4 N–H and O–H groups in total. The zero-order valence-corrected chi connectivity index (χ0v) is 22.8. The van der Waals surface area contributed by atoms with E-state index >= 15 is 0 Å². The smallest absolute Gasteiger partial charge is 0.306 e. The van der Waals surface area contributed by atoms with Crippen molar-refractivity contribution in [3.05, 3.63) is 69.3 Å². The highest BCUT2D eigenvalue weighted by atomic mass is 16.6. The minimum Gasteiger partial charge on any atom is -0.488 e. The number of para-hydroxylation sites is 1. The van der Waals surface area contributed by atoms with Gasteiger partial charge in [0.25, 0.3) is 5.69 Å². The van der Waals surface area contributed by atoms with Gasteiger partial charge in [0.15, 0.2) is 0 Å². The van der Waals surface area contributed by atoms with Crippen LogP contribution in [-0.2, 0) is 23.2 Å². The van der Waals surface area contributed by atoms with Gasteiger partial charge >= 0.3 is 5.97 Å². The molecule has 204 valence electrons. The molecule has 0 bridgehead atoms. The van der Waals surface area contributed by atoms with Crippen molar-refractivity contribution in [2.45, 2.75) is 85.0 Å². The third-order valence-corrected chi connectivity index (χ3v) is 6.95. The fraction of sp³-hybridized carbons (Fsp3) is 0.552. The summed E-state index contributed by atoms with van der Waals surface area (Å²) in [6.07, 6.45) is 0.485. The number of aliphatic hydroxyl groups excluding tert-OH is 1. The maximum absolute atomic E-state index is 11.4. The molecule has 0 heterocycles. The number of nitro benzene ring substituents is 1. The van der Waals surface area contributed by atoms with E-state index in [0.717, 1.165) is 11.1 Å². The molecule has 2 aromatic rings. The summed E-state index contributed by atoms with van der Waals surface area (Å²) in [5, 5.41) is 31.1. The van der Waals surface area contributed by atoms with Crippen LogP contribution >= 0.6 is 0 Å². The minimum absolute atomic E-state index is 0.0283. The third-order valence-electron chi connectivity index (χ3n) is 6.95. The van der Waals surface area contributed by atoms with Gasteiger partial charge in [-0.15, -0.1) is 0 Å². The molecule has 37 heavy (non-hydrogen) atoms. The molecule has 0 aliphatic rings. The Balaban J connectivity index is 2.25. The van der Waals surface area contributed by atoms with Gasteiger partial charge in [0.05, 0.1) is 22.5 Å². The third kappa shape index (κ3) is 8.83. The Hall–Kier alpha value is -2.97. The number of rotatable bonds is 13. The molecular formula is C29H42N2O6. The molecule has 2 aromatic carbocycles. The van der Waals surface area contributed by atoms with Crippen molar-refractivity contribution >= 4 is 11.7 Å². The monoisotopic (exact) mass is 514 g/mol. The predicted octanol–water partition coefficient (Wildman–Crippen LogP) is 5.48. The lowest BCUT2D eigenvalue weighted by Gasteiger charge is -2.28. The second-order valence-corrected chi connectivity index (χ2v) is 11.4. The topological polar surface area (TPSA) is 136 Å². The Labute approximate surface area is 220 Å². The summed E-state index contributed by atoms with van der Waals surface area (Å²) >= 11 is 0. The number of hydrogen-bond acceptors (Lipinski definition) is 6. The zero-order valence-electron chi connectivity index (χ0n) is 22.8. The molecule has 0 fully saturated rings. The number of nitrogens with zero attached hydrogens (tertiary/aromatic N) is 1. The van der Waals surface area contributed by atoms with Crippen LogP contribution in [0.1, 0.15) is 71.1 Å². The number of nitrogens with two attached hydrogens (primary N) is 1. The first kappa shape index (κ1) is 30.3. The Morgan fingerprint density at radius 3 is 2.32 bits per heavy atom. The highest BCUT2D eigenvalue weighted by molar-refractivity contribution is 5.69. The van der Waals surface area contributed by atoms with Crippen LogP contribution in [0.4, 0.5) is 5.69 Å². The van der Waals surface area contributed by atoms with Crippen LogP contribution in [0.15, 0.2) is 42.5 Å². The van der Waals surface area contributed by atoms with Crippen LogP contribution in [0.5, 0.6) is 5.75 Å². The average Bonchev–Trinajstić information content (AvgIpc) is 2.81. The van der Waals surface area contributed by atoms with Crippen molar-refractivity contribution < 1.29 is 24.7 Å². The molecule has 0 aliphatic carbocycles. The van der Waals surface area contributed by atoms with E-state index in [0.29, 0.717) is 24.2 Å². The molecule has 0 amide bonds. The summed E-state index contributed by atoms with van der Waals surface area (Å²) in [4.78, 5) is 22.2. The van der Waals surface area contributed by atoms with Crippen LogP contribution in [0.3, 0.4) is 0 Å². The number of carbonyl (C=O) groups is 1. The molecule has 0 spiro atoms. The summed E-state index contributed by atoms with van der Waals surface area (Å²) in [5.41, 5.74) is 8.69. The number of ether oxygens (including phenoxy) is 1. The molecular weight excluding hydrogens is 472 g/mol. The van der Waals surface area contributed by atoms with Gasteiger partial charge in [-0.05, 0) is 59.8 Å². The Morgan fingerprint density at radius 1 is 1.11 bits per heavy atom. The molecule has 0 saturated carbocycles. The van der Waals surface area contributed by atoms with Crippen LogP contribution in [0.25, 0.3) is 0 Å². The largest absolute Gasteiger partial charge is 0.488 e. The zero-order chi connectivity index (χ0) is 27.9. The van der Waals surface area contributed by atoms with Gasteiger partial charge in [0.2, 0.25) is 0 Å². The van der Waals surface area contributed by atoms with Crippen molar-refractivity contribution in [2.24, 2.45) is 23.5 Å². The van der Waals surface area contributed by atoms with E-state index in [1.807, 2.05) is 12.1 Å². The van der Waals surface area contributed by atoms with Crippen molar-refractivity contribution in [2.75, 3.05) is 0 Å². The van der Waals surface area contributed by atoms with Gasteiger partial charge in [-0.2, -0.15) is 0 Å². The van der Waals surface area contributed by atoms with Gasteiger partial charge in [-0.3, -0.25) is 14.9 Å². The first-order valence-corrected chi connectivity index (χ1v) is 12.9. The molecule has 0 unspecified atom stereocenters. The summed E-state index contributed by atoms with van der Waals surface area (Å²) in [6, 6.07) is 12.2. The van der Waals surface area contributed by atoms with Crippen molar-refractivity contribution in [3.63, 3.8) is 0 Å². The predicted molar refractivity (Wildman–Crippen MR) is 145 cm³/mol. The highest BCUT2D eigenvalue weighted by Gasteiger charge is 2.27. The van der Waals surface area contributed by atoms with E-state index < -0.39 is 29.0 Å². The Bertz CT molecular complexity index is 1060. The lowest BCUT2D eigenvalue weighted by molar-refractivity contribution is -0.385. The quantitative estimate of drug-likeness (QED) is 0.238. The van der Waals surface area contributed by atoms with Gasteiger partial charge in [-0.1, -0.05) is 65.8 Å². The van der Waals surface area contributed by atoms with Crippen LogP contribution in [-0.4, -0.2) is 33.3 Å². The molecule has 0 radical (unpaired) electrons. The number of aliphatic carboxylic acids is 1.